The van der Waals surface area contributed by atoms with Crippen LogP contribution in [-0.4, -0.2) is 39.3 Å². The van der Waals surface area contributed by atoms with E-state index in [1.807, 2.05) is 11.0 Å². The summed E-state index contributed by atoms with van der Waals surface area (Å²) in [6.45, 7) is 2.98. The molecule has 0 saturated carbocycles. The number of nitrogens with zero attached hydrogens (tertiary/aromatic N) is 4. The summed E-state index contributed by atoms with van der Waals surface area (Å²) < 4.78 is 5.21. The van der Waals surface area contributed by atoms with Crippen LogP contribution in [0.25, 0.3) is 11.5 Å². The third-order valence-corrected chi connectivity index (χ3v) is 3.61. The number of pyridine rings is 1. The highest BCUT2D eigenvalue weighted by atomic mass is 16.5. The minimum absolute atomic E-state index is 0.363. The Bertz CT molecular complexity index is 655. The third kappa shape index (κ3) is 2.72. The normalized spacial score (nSPS) is 18.7. The summed E-state index contributed by atoms with van der Waals surface area (Å²) >= 11 is 0. The van der Waals surface area contributed by atoms with Crippen molar-refractivity contribution in [2.75, 3.05) is 18.0 Å². The van der Waals surface area contributed by atoms with Crippen LogP contribution < -0.4 is 4.90 Å². The Morgan fingerprint density at radius 2 is 2.38 bits per heavy atom. The van der Waals surface area contributed by atoms with Gasteiger partial charge in [0.25, 0.3) is 5.89 Å². The standard InChI is InChI=1S/C14H16N4O3/c1-9-16-13(21-17-9)11-5-2-6-15-12(11)18-7-3-4-10(8-18)14(19)20/h2,5-6,10H,3-4,7-8H2,1H3,(H,19,20). The molecule has 0 aromatic carbocycles. The molecule has 2 aromatic rings. The van der Waals surface area contributed by atoms with Crippen LogP contribution in [0, 0.1) is 12.8 Å². The number of hydrogen-bond acceptors (Lipinski definition) is 6. The number of carboxylic acids is 1. The van der Waals surface area contributed by atoms with Crippen LogP contribution in [0.4, 0.5) is 5.82 Å². The molecule has 110 valence electrons. The van der Waals surface area contributed by atoms with Crippen molar-refractivity contribution in [3.8, 4) is 11.5 Å². The zero-order chi connectivity index (χ0) is 14.8. The van der Waals surface area contributed by atoms with Crippen molar-refractivity contribution < 1.29 is 14.4 Å². The molecule has 7 nitrogen and oxygen atoms in total. The maximum absolute atomic E-state index is 11.2. The fraction of sp³-hybridized carbons (Fsp3) is 0.429. The van der Waals surface area contributed by atoms with Gasteiger partial charge in [-0.15, -0.1) is 0 Å². The summed E-state index contributed by atoms with van der Waals surface area (Å²) in [5.41, 5.74) is 0.740. The monoisotopic (exact) mass is 288 g/mol. The molecule has 1 fully saturated rings. The molecule has 0 amide bonds. The summed E-state index contributed by atoms with van der Waals surface area (Å²) in [4.78, 5) is 21.8. The van der Waals surface area contributed by atoms with Crippen molar-refractivity contribution in [1.29, 1.82) is 0 Å². The Morgan fingerprint density at radius 1 is 1.52 bits per heavy atom. The molecule has 7 heteroatoms. The molecule has 0 bridgehead atoms. The number of aromatic nitrogens is 3. The van der Waals surface area contributed by atoms with Gasteiger partial charge in [0.2, 0.25) is 0 Å². The molecule has 1 unspecified atom stereocenters. The van der Waals surface area contributed by atoms with Gasteiger partial charge in [0.15, 0.2) is 5.82 Å². The van der Waals surface area contributed by atoms with E-state index < -0.39 is 5.97 Å². The lowest BCUT2D eigenvalue weighted by atomic mass is 9.98. The highest BCUT2D eigenvalue weighted by molar-refractivity contribution is 5.73. The van der Waals surface area contributed by atoms with E-state index in [1.165, 1.54) is 0 Å². The Morgan fingerprint density at radius 3 is 3.10 bits per heavy atom. The number of carbonyl (C=O) groups is 1. The first-order valence-corrected chi connectivity index (χ1v) is 6.88. The van der Waals surface area contributed by atoms with Gasteiger partial charge in [0.05, 0.1) is 11.5 Å². The predicted octanol–water partition coefficient (Wildman–Crippen LogP) is 1.74. The maximum atomic E-state index is 11.2. The molecule has 21 heavy (non-hydrogen) atoms. The molecule has 1 aliphatic heterocycles. The highest BCUT2D eigenvalue weighted by Crippen LogP contribution is 2.30. The lowest BCUT2D eigenvalue weighted by molar-refractivity contribution is -0.141. The third-order valence-electron chi connectivity index (χ3n) is 3.61. The predicted molar refractivity (Wildman–Crippen MR) is 74.8 cm³/mol. The first-order valence-electron chi connectivity index (χ1n) is 6.88. The van der Waals surface area contributed by atoms with Gasteiger partial charge < -0.3 is 14.5 Å². The van der Waals surface area contributed by atoms with Gasteiger partial charge in [0.1, 0.15) is 5.82 Å². The van der Waals surface area contributed by atoms with Crippen LogP contribution in [-0.2, 0) is 4.79 Å². The Labute approximate surface area is 121 Å². The van der Waals surface area contributed by atoms with Crippen molar-refractivity contribution in [3.63, 3.8) is 0 Å². The minimum atomic E-state index is -0.759. The van der Waals surface area contributed by atoms with Crippen LogP contribution >= 0.6 is 0 Å². The second-order valence-corrected chi connectivity index (χ2v) is 5.14. The van der Waals surface area contributed by atoms with E-state index in [9.17, 15) is 9.90 Å². The molecule has 1 aliphatic rings. The fourth-order valence-electron chi connectivity index (χ4n) is 2.59. The average Bonchev–Trinajstić information content (AvgIpc) is 2.94. The molecule has 1 atom stereocenters. The molecule has 0 radical (unpaired) electrons. The van der Waals surface area contributed by atoms with Crippen molar-refractivity contribution in [2.45, 2.75) is 19.8 Å². The van der Waals surface area contributed by atoms with Gasteiger partial charge in [-0.1, -0.05) is 5.16 Å². The zero-order valence-electron chi connectivity index (χ0n) is 11.7. The van der Waals surface area contributed by atoms with Crippen molar-refractivity contribution in [1.82, 2.24) is 15.1 Å². The first kappa shape index (κ1) is 13.5. The average molecular weight is 288 g/mol. The summed E-state index contributed by atoms with van der Waals surface area (Å²) in [5, 5.41) is 13.0. The van der Waals surface area contributed by atoms with E-state index in [0.717, 1.165) is 18.5 Å². The number of carboxylic acid groups (broad SMARTS) is 1. The molecule has 3 rings (SSSR count). The molecule has 3 heterocycles. The van der Waals surface area contributed by atoms with Gasteiger partial charge in [-0.3, -0.25) is 4.79 Å². The molecule has 1 saturated heterocycles. The smallest absolute Gasteiger partial charge is 0.308 e. The van der Waals surface area contributed by atoms with E-state index >= 15 is 0 Å². The van der Waals surface area contributed by atoms with Crippen LogP contribution in [0.2, 0.25) is 0 Å². The van der Waals surface area contributed by atoms with Crippen LogP contribution in [0.1, 0.15) is 18.7 Å². The summed E-state index contributed by atoms with van der Waals surface area (Å²) in [5.74, 6) is 0.547. The second-order valence-electron chi connectivity index (χ2n) is 5.14. The van der Waals surface area contributed by atoms with Crippen LogP contribution in [0.3, 0.4) is 0 Å². The van der Waals surface area contributed by atoms with E-state index in [4.69, 9.17) is 4.52 Å². The van der Waals surface area contributed by atoms with Gasteiger partial charge in [-0.05, 0) is 31.9 Å². The summed E-state index contributed by atoms with van der Waals surface area (Å²) in [6, 6.07) is 3.66. The Kier molecular flexibility index (Phi) is 3.55. The van der Waals surface area contributed by atoms with E-state index in [-0.39, 0.29) is 5.92 Å². The number of hydrogen-bond donors (Lipinski definition) is 1. The highest BCUT2D eigenvalue weighted by Gasteiger charge is 2.28. The van der Waals surface area contributed by atoms with E-state index in [2.05, 4.69) is 15.1 Å². The number of anilines is 1. The minimum Gasteiger partial charge on any atom is -0.481 e. The second kappa shape index (κ2) is 5.51. The van der Waals surface area contributed by atoms with Gasteiger partial charge in [-0.2, -0.15) is 4.98 Å². The zero-order valence-corrected chi connectivity index (χ0v) is 11.7. The first-order chi connectivity index (χ1) is 10.1. The van der Waals surface area contributed by atoms with Crippen LogP contribution in [0.5, 0.6) is 0 Å². The van der Waals surface area contributed by atoms with Crippen molar-refractivity contribution >= 4 is 11.8 Å². The number of aryl methyl sites for hydroxylation is 1. The van der Waals surface area contributed by atoms with Gasteiger partial charge in [-0.25, -0.2) is 4.98 Å². The van der Waals surface area contributed by atoms with Gasteiger partial charge in [0, 0.05) is 19.3 Å². The SMILES string of the molecule is Cc1noc(-c2cccnc2N2CCCC(C(=O)O)C2)n1. The van der Waals surface area contributed by atoms with Crippen LogP contribution in [0.15, 0.2) is 22.9 Å². The maximum Gasteiger partial charge on any atom is 0.308 e. The summed E-state index contributed by atoms with van der Waals surface area (Å²) in [6.07, 6.45) is 3.22. The van der Waals surface area contributed by atoms with Crippen molar-refractivity contribution in [3.05, 3.63) is 24.2 Å². The molecular formula is C14H16N4O3. The molecule has 2 aromatic heterocycles. The number of aliphatic carboxylic acids is 1. The Balaban J connectivity index is 1.93. The summed E-state index contributed by atoms with van der Waals surface area (Å²) in [7, 11) is 0. The van der Waals surface area contributed by atoms with E-state index in [0.29, 0.717) is 30.5 Å². The molecular weight excluding hydrogens is 272 g/mol. The Hall–Kier alpha value is -2.44. The molecule has 0 aliphatic carbocycles. The largest absolute Gasteiger partial charge is 0.481 e. The number of piperidine rings is 1. The van der Waals surface area contributed by atoms with E-state index in [1.54, 1.807) is 19.2 Å². The topological polar surface area (TPSA) is 92.4 Å². The lowest BCUT2D eigenvalue weighted by Crippen LogP contribution is -2.39. The fourth-order valence-corrected chi connectivity index (χ4v) is 2.59. The lowest BCUT2D eigenvalue weighted by Gasteiger charge is -2.32. The quantitative estimate of drug-likeness (QED) is 0.919. The van der Waals surface area contributed by atoms with Gasteiger partial charge >= 0.3 is 5.97 Å². The van der Waals surface area contributed by atoms with Crippen molar-refractivity contribution in [2.24, 2.45) is 5.92 Å². The molecule has 0 spiro atoms. The molecule has 1 N–H and O–H groups in total. The number of rotatable bonds is 3.